The predicted molar refractivity (Wildman–Crippen MR) is 78.7 cm³/mol. The Morgan fingerprint density at radius 1 is 1.25 bits per heavy atom. The summed E-state index contributed by atoms with van der Waals surface area (Å²) in [6, 6.07) is 1.53. The minimum Gasteiger partial charge on any atom is -0.480 e. The molecular formula is C16H28N2O2. The Balaban J connectivity index is 1.66. The van der Waals surface area contributed by atoms with E-state index in [0.717, 1.165) is 44.6 Å². The average Bonchev–Trinajstić information content (AvgIpc) is 3.07. The summed E-state index contributed by atoms with van der Waals surface area (Å²) >= 11 is 0. The van der Waals surface area contributed by atoms with Crippen LogP contribution in [0.4, 0.5) is 0 Å². The molecular weight excluding hydrogens is 252 g/mol. The molecule has 3 rings (SSSR count). The topological polar surface area (TPSA) is 52.6 Å². The fraction of sp³-hybridized carbons (Fsp3) is 0.938. The van der Waals surface area contributed by atoms with E-state index in [0.29, 0.717) is 18.1 Å². The number of hydrogen-bond donors (Lipinski definition) is 2. The standard InChI is InChI=1S/C16H28N2O2/c1-11-6-8-18(12(2)9-11)14-5-7-16(10-14,15(19)20)17-13-3-4-13/h11-14,17H,3-10H2,1-2H3,(H,19,20). The van der Waals surface area contributed by atoms with Gasteiger partial charge in [-0.25, -0.2) is 0 Å². The zero-order valence-corrected chi connectivity index (χ0v) is 12.8. The molecule has 0 amide bonds. The molecule has 0 aromatic carbocycles. The molecule has 1 saturated heterocycles. The van der Waals surface area contributed by atoms with Gasteiger partial charge in [-0.3, -0.25) is 15.0 Å². The second-order valence-corrected chi connectivity index (χ2v) is 7.42. The first kappa shape index (κ1) is 14.3. The van der Waals surface area contributed by atoms with E-state index in [-0.39, 0.29) is 0 Å². The largest absolute Gasteiger partial charge is 0.480 e. The van der Waals surface area contributed by atoms with Crippen LogP contribution >= 0.6 is 0 Å². The van der Waals surface area contributed by atoms with Crippen LogP contribution < -0.4 is 5.32 Å². The highest BCUT2D eigenvalue weighted by Crippen LogP contribution is 2.39. The van der Waals surface area contributed by atoms with Crippen LogP contribution in [-0.2, 0) is 4.79 Å². The van der Waals surface area contributed by atoms with E-state index in [4.69, 9.17) is 0 Å². The van der Waals surface area contributed by atoms with E-state index >= 15 is 0 Å². The lowest BCUT2D eigenvalue weighted by Crippen LogP contribution is -2.53. The molecule has 0 spiro atoms. The van der Waals surface area contributed by atoms with Crippen molar-refractivity contribution >= 4 is 5.97 Å². The van der Waals surface area contributed by atoms with Gasteiger partial charge in [-0.2, -0.15) is 0 Å². The summed E-state index contributed by atoms with van der Waals surface area (Å²) in [6.07, 6.45) is 7.43. The maximum Gasteiger partial charge on any atom is 0.323 e. The third kappa shape index (κ3) is 2.73. The number of piperidine rings is 1. The molecule has 4 atom stereocenters. The average molecular weight is 280 g/mol. The Labute approximate surface area is 121 Å². The van der Waals surface area contributed by atoms with Crippen LogP contribution in [-0.4, -0.2) is 46.2 Å². The van der Waals surface area contributed by atoms with Crippen molar-refractivity contribution in [3.63, 3.8) is 0 Å². The van der Waals surface area contributed by atoms with Crippen molar-refractivity contribution < 1.29 is 9.90 Å². The number of rotatable bonds is 4. The lowest BCUT2D eigenvalue weighted by molar-refractivity contribution is -0.145. The van der Waals surface area contributed by atoms with E-state index in [1.165, 1.54) is 12.8 Å². The van der Waals surface area contributed by atoms with E-state index in [1.54, 1.807) is 0 Å². The number of likely N-dealkylation sites (tertiary alicyclic amines) is 1. The molecule has 20 heavy (non-hydrogen) atoms. The van der Waals surface area contributed by atoms with Crippen molar-refractivity contribution in [3.8, 4) is 0 Å². The molecule has 3 aliphatic rings. The Morgan fingerprint density at radius 2 is 2.00 bits per heavy atom. The van der Waals surface area contributed by atoms with Gasteiger partial charge in [0.05, 0.1) is 0 Å². The molecule has 3 fully saturated rings. The Hall–Kier alpha value is -0.610. The molecule has 4 unspecified atom stereocenters. The molecule has 1 aliphatic heterocycles. The Bertz CT molecular complexity index is 383. The van der Waals surface area contributed by atoms with Gasteiger partial charge >= 0.3 is 5.97 Å². The molecule has 4 heteroatoms. The van der Waals surface area contributed by atoms with Crippen molar-refractivity contribution in [2.24, 2.45) is 5.92 Å². The fourth-order valence-corrected chi connectivity index (χ4v) is 4.28. The van der Waals surface area contributed by atoms with Crippen LogP contribution in [0.25, 0.3) is 0 Å². The van der Waals surface area contributed by atoms with E-state index in [2.05, 4.69) is 24.1 Å². The smallest absolute Gasteiger partial charge is 0.323 e. The van der Waals surface area contributed by atoms with Gasteiger partial charge in [0, 0.05) is 18.1 Å². The van der Waals surface area contributed by atoms with Gasteiger partial charge in [-0.1, -0.05) is 6.92 Å². The molecule has 0 aromatic heterocycles. The van der Waals surface area contributed by atoms with Crippen molar-refractivity contribution in [1.29, 1.82) is 0 Å². The summed E-state index contributed by atoms with van der Waals surface area (Å²) in [5.74, 6) is 0.182. The molecule has 0 aromatic rings. The normalized spacial score (nSPS) is 42.8. The highest BCUT2D eigenvalue weighted by atomic mass is 16.4. The molecule has 1 heterocycles. The lowest BCUT2D eigenvalue weighted by atomic mass is 9.91. The Kier molecular flexibility index (Phi) is 3.80. The number of aliphatic carboxylic acids is 1. The zero-order chi connectivity index (χ0) is 14.3. The minimum absolute atomic E-state index is 0.458. The van der Waals surface area contributed by atoms with Crippen LogP contribution in [0.3, 0.4) is 0 Å². The van der Waals surface area contributed by atoms with Gasteiger partial charge in [0.25, 0.3) is 0 Å². The maximum atomic E-state index is 11.8. The fourth-order valence-electron chi connectivity index (χ4n) is 4.28. The van der Waals surface area contributed by atoms with Crippen LogP contribution in [0.15, 0.2) is 0 Å². The summed E-state index contributed by atoms with van der Waals surface area (Å²) in [6.45, 7) is 5.79. The second kappa shape index (κ2) is 5.30. The number of carboxylic acids is 1. The summed E-state index contributed by atoms with van der Waals surface area (Å²) in [4.78, 5) is 14.4. The van der Waals surface area contributed by atoms with Crippen LogP contribution in [0.5, 0.6) is 0 Å². The highest BCUT2D eigenvalue weighted by molar-refractivity contribution is 5.79. The number of nitrogens with zero attached hydrogens (tertiary/aromatic N) is 1. The van der Waals surface area contributed by atoms with Gasteiger partial charge in [-0.05, 0) is 64.3 Å². The first-order chi connectivity index (χ1) is 9.50. The van der Waals surface area contributed by atoms with Gasteiger partial charge in [0.1, 0.15) is 5.54 Å². The predicted octanol–water partition coefficient (Wildman–Crippen LogP) is 2.23. The van der Waals surface area contributed by atoms with E-state index < -0.39 is 11.5 Å². The molecule has 114 valence electrons. The molecule has 2 saturated carbocycles. The summed E-state index contributed by atoms with van der Waals surface area (Å²) in [5.41, 5.74) is -0.644. The lowest BCUT2D eigenvalue weighted by Gasteiger charge is -2.41. The van der Waals surface area contributed by atoms with Crippen LogP contribution in [0.2, 0.25) is 0 Å². The molecule has 0 bridgehead atoms. The molecule has 2 N–H and O–H groups in total. The maximum absolute atomic E-state index is 11.8. The number of carbonyl (C=O) groups is 1. The minimum atomic E-state index is -0.644. The summed E-state index contributed by atoms with van der Waals surface area (Å²) in [5, 5.41) is 13.1. The summed E-state index contributed by atoms with van der Waals surface area (Å²) in [7, 11) is 0. The monoisotopic (exact) mass is 280 g/mol. The van der Waals surface area contributed by atoms with E-state index in [1.807, 2.05) is 0 Å². The first-order valence-electron chi connectivity index (χ1n) is 8.27. The first-order valence-corrected chi connectivity index (χ1v) is 8.27. The van der Waals surface area contributed by atoms with Crippen LogP contribution in [0.1, 0.15) is 58.8 Å². The quantitative estimate of drug-likeness (QED) is 0.829. The van der Waals surface area contributed by atoms with Crippen LogP contribution in [0, 0.1) is 5.92 Å². The zero-order valence-electron chi connectivity index (χ0n) is 12.8. The van der Waals surface area contributed by atoms with Gasteiger partial charge in [-0.15, -0.1) is 0 Å². The van der Waals surface area contributed by atoms with Crippen molar-refractivity contribution in [2.45, 2.75) is 82.5 Å². The van der Waals surface area contributed by atoms with E-state index in [9.17, 15) is 9.90 Å². The number of hydrogen-bond acceptors (Lipinski definition) is 3. The Morgan fingerprint density at radius 3 is 2.60 bits per heavy atom. The molecule has 0 radical (unpaired) electrons. The van der Waals surface area contributed by atoms with Gasteiger partial charge in [0.15, 0.2) is 0 Å². The molecule has 2 aliphatic carbocycles. The number of nitrogens with one attached hydrogen (secondary N) is 1. The highest BCUT2D eigenvalue weighted by Gasteiger charge is 2.50. The number of carboxylic acid groups (broad SMARTS) is 1. The van der Waals surface area contributed by atoms with Crippen molar-refractivity contribution in [3.05, 3.63) is 0 Å². The summed E-state index contributed by atoms with van der Waals surface area (Å²) < 4.78 is 0. The second-order valence-electron chi connectivity index (χ2n) is 7.42. The van der Waals surface area contributed by atoms with Gasteiger partial charge < -0.3 is 5.11 Å². The third-order valence-corrected chi connectivity index (χ3v) is 5.61. The molecule has 4 nitrogen and oxygen atoms in total. The SMILES string of the molecule is CC1CCN(C2CCC(NC3CC3)(C(=O)O)C2)C(C)C1. The van der Waals surface area contributed by atoms with Gasteiger partial charge in [0.2, 0.25) is 0 Å². The van der Waals surface area contributed by atoms with Crippen molar-refractivity contribution in [1.82, 2.24) is 10.2 Å². The third-order valence-electron chi connectivity index (χ3n) is 5.61. The van der Waals surface area contributed by atoms with Crippen molar-refractivity contribution in [2.75, 3.05) is 6.54 Å².